The highest BCUT2D eigenvalue weighted by Crippen LogP contribution is 2.09. The van der Waals surface area contributed by atoms with Gasteiger partial charge in [0.05, 0.1) is 12.2 Å². The van der Waals surface area contributed by atoms with Gasteiger partial charge in [-0.1, -0.05) is 11.6 Å². The SMILES string of the molecule is CN=C(NCCNC(=O)c1ccc(Cl)cc1)NCc1nc(C)c(C)o1.I. The number of nitrogens with zero attached hydrogens (tertiary/aromatic N) is 2. The van der Waals surface area contributed by atoms with Crippen LogP contribution in [-0.2, 0) is 6.54 Å². The molecule has 3 N–H and O–H groups in total. The molecule has 0 atom stereocenters. The van der Waals surface area contributed by atoms with Crippen molar-refractivity contribution in [2.75, 3.05) is 20.1 Å². The zero-order valence-corrected chi connectivity index (χ0v) is 18.0. The summed E-state index contributed by atoms with van der Waals surface area (Å²) in [6.45, 7) is 5.20. The number of aromatic nitrogens is 1. The Morgan fingerprint density at radius 1 is 1.15 bits per heavy atom. The fourth-order valence-electron chi connectivity index (χ4n) is 2.05. The molecule has 26 heavy (non-hydrogen) atoms. The minimum Gasteiger partial charge on any atom is -0.444 e. The molecule has 1 amide bonds. The van der Waals surface area contributed by atoms with Gasteiger partial charge in [-0.05, 0) is 38.1 Å². The molecular formula is C17H23ClIN5O2. The second kappa shape index (κ2) is 11.0. The summed E-state index contributed by atoms with van der Waals surface area (Å²) in [6.07, 6.45) is 0. The number of oxazole rings is 1. The highest BCUT2D eigenvalue weighted by Gasteiger charge is 2.07. The number of amides is 1. The molecule has 0 fully saturated rings. The van der Waals surface area contributed by atoms with Gasteiger partial charge in [-0.3, -0.25) is 9.79 Å². The van der Waals surface area contributed by atoms with Crippen LogP contribution in [0.25, 0.3) is 0 Å². The van der Waals surface area contributed by atoms with Crippen molar-refractivity contribution in [2.45, 2.75) is 20.4 Å². The van der Waals surface area contributed by atoms with Gasteiger partial charge in [-0.15, -0.1) is 24.0 Å². The number of carbonyl (C=O) groups is 1. The summed E-state index contributed by atoms with van der Waals surface area (Å²) in [5.74, 6) is 1.88. The molecule has 0 aliphatic heterocycles. The van der Waals surface area contributed by atoms with Crippen LogP contribution in [0.15, 0.2) is 33.7 Å². The molecule has 9 heteroatoms. The van der Waals surface area contributed by atoms with E-state index >= 15 is 0 Å². The average Bonchev–Trinajstić information content (AvgIpc) is 2.92. The number of guanidine groups is 1. The quantitative estimate of drug-likeness (QED) is 0.250. The van der Waals surface area contributed by atoms with Crippen molar-refractivity contribution in [2.24, 2.45) is 4.99 Å². The Balaban J connectivity index is 0.00000338. The van der Waals surface area contributed by atoms with E-state index in [2.05, 4.69) is 25.9 Å². The van der Waals surface area contributed by atoms with Gasteiger partial charge in [-0.25, -0.2) is 4.98 Å². The molecule has 7 nitrogen and oxygen atoms in total. The molecule has 1 aromatic carbocycles. The van der Waals surface area contributed by atoms with Crippen molar-refractivity contribution >= 4 is 47.4 Å². The third-order valence-corrected chi connectivity index (χ3v) is 3.76. The second-order valence-electron chi connectivity index (χ2n) is 5.36. The smallest absolute Gasteiger partial charge is 0.251 e. The van der Waals surface area contributed by atoms with E-state index in [0.717, 1.165) is 11.5 Å². The van der Waals surface area contributed by atoms with Crippen LogP contribution in [0.3, 0.4) is 0 Å². The molecule has 1 heterocycles. The minimum absolute atomic E-state index is 0. The lowest BCUT2D eigenvalue weighted by atomic mass is 10.2. The molecule has 0 saturated carbocycles. The van der Waals surface area contributed by atoms with Crippen molar-refractivity contribution in [3.05, 3.63) is 52.2 Å². The fraction of sp³-hybridized carbons (Fsp3) is 0.353. The van der Waals surface area contributed by atoms with E-state index in [1.54, 1.807) is 31.3 Å². The normalized spacial score (nSPS) is 10.8. The van der Waals surface area contributed by atoms with Gasteiger partial charge in [-0.2, -0.15) is 0 Å². The molecule has 0 aliphatic carbocycles. The summed E-state index contributed by atoms with van der Waals surface area (Å²) >= 11 is 5.80. The van der Waals surface area contributed by atoms with Crippen LogP contribution in [0.2, 0.25) is 5.02 Å². The Kier molecular flexibility index (Phi) is 9.42. The molecule has 142 valence electrons. The molecule has 0 bridgehead atoms. The standard InChI is InChI=1S/C17H22ClN5O2.HI/c1-11-12(2)25-15(23-11)10-22-17(19-3)21-9-8-20-16(24)13-4-6-14(18)7-5-13;/h4-7H,8-10H2,1-3H3,(H,20,24)(H2,19,21,22);1H. The Morgan fingerprint density at radius 3 is 2.38 bits per heavy atom. The lowest BCUT2D eigenvalue weighted by Crippen LogP contribution is -2.41. The zero-order valence-electron chi connectivity index (χ0n) is 14.9. The third kappa shape index (κ3) is 6.83. The van der Waals surface area contributed by atoms with Gasteiger partial charge in [0.1, 0.15) is 5.76 Å². The number of carbonyl (C=O) groups excluding carboxylic acids is 1. The van der Waals surface area contributed by atoms with E-state index in [9.17, 15) is 4.79 Å². The Morgan fingerprint density at radius 2 is 1.81 bits per heavy atom. The van der Waals surface area contributed by atoms with Crippen molar-refractivity contribution in [3.63, 3.8) is 0 Å². The molecule has 0 radical (unpaired) electrons. The van der Waals surface area contributed by atoms with Crippen LogP contribution in [-0.4, -0.2) is 37.0 Å². The third-order valence-electron chi connectivity index (χ3n) is 3.51. The predicted octanol–water partition coefficient (Wildman–Crippen LogP) is 2.66. The number of aryl methyl sites for hydroxylation is 2. The number of hydrogen-bond acceptors (Lipinski definition) is 4. The summed E-state index contributed by atoms with van der Waals surface area (Å²) in [5, 5.41) is 9.64. The first kappa shape index (κ1) is 22.2. The van der Waals surface area contributed by atoms with Crippen LogP contribution in [0.4, 0.5) is 0 Å². The van der Waals surface area contributed by atoms with Crippen LogP contribution in [0.1, 0.15) is 27.7 Å². The Bertz CT molecular complexity index is 727. The summed E-state index contributed by atoms with van der Waals surface area (Å²) in [5.41, 5.74) is 1.45. The van der Waals surface area contributed by atoms with Gasteiger partial charge < -0.3 is 20.4 Å². The largest absolute Gasteiger partial charge is 0.444 e. The van der Waals surface area contributed by atoms with Crippen molar-refractivity contribution in [1.82, 2.24) is 20.9 Å². The summed E-state index contributed by atoms with van der Waals surface area (Å²) in [7, 11) is 1.67. The van der Waals surface area contributed by atoms with E-state index in [4.69, 9.17) is 16.0 Å². The number of nitrogens with one attached hydrogen (secondary N) is 3. The lowest BCUT2D eigenvalue weighted by molar-refractivity contribution is 0.0954. The fourth-order valence-corrected chi connectivity index (χ4v) is 2.18. The maximum atomic E-state index is 12.0. The number of rotatable bonds is 6. The molecule has 0 spiro atoms. The first-order chi connectivity index (χ1) is 12.0. The van der Waals surface area contributed by atoms with Crippen LogP contribution >= 0.6 is 35.6 Å². The first-order valence-electron chi connectivity index (χ1n) is 7.90. The van der Waals surface area contributed by atoms with Gasteiger partial charge in [0, 0.05) is 30.7 Å². The van der Waals surface area contributed by atoms with Crippen LogP contribution in [0, 0.1) is 13.8 Å². The van der Waals surface area contributed by atoms with Gasteiger partial charge in [0.25, 0.3) is 5.91 Å². The van der Waals surface area contributed by atoms with Crippen LogP contribution < -0.4 is 16.0 Å². The average molecular weight is 492 g/mol. The molecule has 2 rings (SSSR count). The molecular weight excluding hydrogens is 469 g/mol. The van der Waals surface area contributed by atoms with E-state index in [1.165, 1.54) is 0 Å². The molecule has 2 aromatic rings. The highest BCUT2D eigenvalue weighted by molar-refractivity contribution is 14.0. The van der Waals surface area contributed by atoms with Crippen molar-refractivity contribution in [1.29, 1.82) is 0 Å². The number of benzene rings is 1. The van der Waals surface area contributed by atoms with Gasteiger partial charge in [0.2, 0.25) is 5.89 Å². The zero-order chi connectivity index (χ0) is 18.2. The van der Waals surface area contributed by atoms with E-state index in [-0.39, 0.29) is 29.9 Å². The maximum Gasteiger partial charge on any atom is 0.251 e. The number of hydrogen-bond donors (Lipinski definition) is 3. The predicted molar refractivity (Wildman–Crippen MR) is 113 cm³/mol. The Labute approximate surface area is 175 Å². The van der Waals surface area contributed by atoms with Crippen molar-refractivity contribution < 1.29 is 9.21 Å². The van der Waals surface area contributed by atoms with E-state index in [0.29, 0.717) is 42.1 Å². The lowest BCUT2D eigenvalue weighted by Gasteiger charge is -2.11. The van der Waals surface area contributed by atoms with Crippen molar-refractivity contribution in [3.8, 4) is 0 Å². The molecule has 0 saturated heterocycles. The molecule has 1 aromatic heterocycles. The molecule has 0 aliphatic rings. The maximum absolute atomic E-state index is 12.0. The first-order valence-corrected chi connectivity index (χ1v) is 8.28. The highest BCUT2D eigenvalue weighted by atomic mass is 127. The summed E-state index contributed by atoms with van der Waals surface area (Å²) in [4.78, 5) is 20.4. The molecule has 0 unspecified atom stereocenters. The van der Waals surface area contributed by atoms with E-state index < -0.39 is 0 Å². The topological polar surface area (TPSA) is 91.5 Å². The minimum atomic E-state index is -0.146. The summed E-state index contributed by atoms with van der Waals surface area (Å²) in [6, 6.07) is 6.75. The Hall–Kier alpha value is -1.81. The summed E-state index contributed by atoms with van der Waals surface area (Å²) < 4.78 is 5.50. The van der Waals surface area contributed by atoms with E-state index in [1.807, 2.05) is 13.8 Å². The number of halogens is 2. The van der Waals surface area contributed by atoms with Gasteiger partial charge >= 0.3 is 0 Å². The number of aliphatic imine (C=N–C) groups is 1. The van der Waals surface area contributed by atoms with Crippen LogP contribution in [0.5, 0.6) is 0 Å². The van der Waals surface area contributed by atoms with Gasteiger partial charge in [0.15, 0.2) is 5.96 Å². The monoisotopic (exact) mass is 491 g/mol. The second-order valence-corrected chi connectivity index (χ2v) is 5.80.